The van der Waals surface area contributed by atoms with Crippen LogP contribution >= 0.6 is 23.6 Å². The average Bonchev–Trinajstić information content (AvgIpc) is 3.09. The van der Waals surface area contributed by atoms with Gasteiger partial charge in [-0.15, -0.1) is 0 Å². The fourth-order valence-electron chi connectivity index (χ4n) is 3.22. The number of nitrogens with zero attached hydrogens (tertiary/aromatic N) is 1. The number of nitrogens with one attached hydrogen (secondary N) is 3. The lowest BCUT2D eigenvalue weighted by molar-refractivity contribution is -0.113. The molecule has 2 heterocycles. The van der Waals surface area contributed by atoms with Gasteiger partial charge in [0.05, 0.1) is 28.9 Å². The molecule has 3 N–H and O–H groups in total. The van der Waals surface area contributed by atoms with E-state index in [1.165, 1.54) is 11.3 Å². The Kier molecular flexibility index (Phi) is 4.97. The Morgan fingerprint density at radius 2 is 1.96 bits per heavy atom. The first kappa shape index (κ1) is 18.4. The van der Waals surface area contributed by atoms with E-state index < -0.39 is 6.04 Å². The Hall–Kier alpha value is -2.97. The highest BCUT2D eigenvalue weighted by molar-refractivity contribution is 7.80. The van der Waals surface area contributed by atoms with E-state index in [-0.39, 0.29) is 5.91 Å². The molecule has 0 saturated heterocycles. The molecule has 1 aromatic heterocycles. The van der Waals surface area contributed by atoms with Gasteiger partial charge in [-0.1, -0.05) is 41.7 Å². The minimum Gasteiger partial charge on any atom is -0.496 e. The summed E-state index contributed by atoms with van der Waals surface area (Å²) in [5, 5.41) is 10.2. The summed E-state index contributed by atoms with van der Waals surface area (Å²) in [5.74, 6) is 0.442. The van der Waals surface area contributed by atoms with Crippen LogP contribution in [0.1, 0.15) is 18.5 Å². The Morgan fingerprint density at radius 3 is 2.75 bits per heavy atom. The molecular formula is C20H18N4O2S2. The Balaban J connectivity index is 1.70. The number of para-hydroxylation sites is 2. The molecule has 142 valence electrons. The second-order valence-electron chi connectivity index (χ2n) is 6.25. The van der Waals surface area contributed by atoms with Crippen molar-refractivity contribution in [2.24, 2.45) is 0 Å². The summed E-state index contributed by atoms with van der Waals surface area (Å²) in [5.41, 5.74) is 2.93. The molecule has 1 amide bonds. The largest absolute Gasteiger partial charge is 0.496 e. The summed E-state index contributed by atoms with van der Waals surface area (Å²) in [7, 11) is 1.61. The van der Waals surface area contributed by atoms with E-state index in [0.717, 1.165) is 15.8 Å². The summed E-state index contributed by atoms with van der Waals surface area (Å²) in [6.07, 6.45) is 0. The molecular weight excluding hydrogens is 392 g/mol. The number of thiazole rings is 1. The van der Waals surface area contributed by atoms with Crippen molar-refractivity contribution in [3.63, 3.8) is 0 Å². The van der Waals surface area contributed by atoms with Crippen LogP contribution in [-0.4, -0.2) is 23.1 Å². The number of fused-ring (bicyclic) bond motifs is 1. The van der Waals surface area contributed by atoms with E-state index in [1.54, 1.807) is 7.11 Å². The van der Waals surface area contributed by atoms with Crippen molar-refractivity contribution in [1.29, 1.82) is 0 Å². The molecule has 6 nitrogen and oxygen atoms in total. The minimum atomic E-state index is -0.431. The van der Waals surface area contributed by atoms with Gasteiger partial charge in [0.2, 0.25) is 0 Å². The van der Waals surface area contributed by atoms with Gasteiger partial charge in [-0.25, -0.2) is 4.98 Å². The third kappa shape index (κ3) is 3.44. The number of carbonyl (C=O) groups is 1. The van der Waals surface area contributed by atoms with Crippen LogP contribution in [0.4, 0.5) is 5.13 Å². The number of methoxy groups -OCH3 is 1. The molecule has 8 heteroatoms. The summed E-state index contributed by atoms with van der Waals surface area (Å²) in [6.45, 7) is 1.84. The number of thiocarbonyl (C=S) groups is 1. The molecule has 0 radical (unpaired) electrons. The average molecular weight is 411 g/mol. The molecule has 2 aromatic carbocycles. The lowest BCUT2D eigenvalue weighted by Gasteiger charge is -2.30. The zero-order valence-corrected chi connectivity index (χ0v) is 16.9. The molecule has 28 heavy (non-hydrogen) atoms. The highest BCUT2D eigenvalue weighted by Gasteiger charge is 2.32. The number of anilines is 1. The molecule has 0 spiro atoms. The maximum atomic E-state index is 13.2. The number of hydrogen-bond donors (Lipinski definition) is 3. The summed E-state index contributed by atoms with van der Waals surface area (Å²) in [6, 6.07) is 14.9. The monoisotopic (exact) mass is 410 g/mol. The van der Waals surface area contributed by atoms with Crippen molar-refractivity contribution in [3.05, 3.63) is 65.4 Å². The number of rotatable bonds is 4. The number of ether oxygens (including phenoxy) is 1. The van der Waals surface area contributed by atoms with E-state index in [1.807, 2.05) is 55.5 Å². The molecule has 0 fully saturated rings. The van der Waals surface area contributed by atoms with Crippen LogP contribution in [0, 0.1) is 0 Å². The van der Waals surface area contributed by atoms with Gasteiger partial charge in [-0.05, 0) is 37.3 Å². The van der Waals surface area contributed by atoms with Crippen molar-refractivity contribution in [2.45, 2.75) is 13.0 Å². The summed E-state index contributed by atoms with van der Waals surface area (Å²) in [4.78, 5) is 17.7. The molecule has 1 aliphatic rings. The number of amides is 1. The van der Waals surface area contributed by atoms with Gasteiger partial charge in [-0.2, -0.15) is 0 Å². The summed E-state index contributed by atoms with van der Waals surface area (Å²) >= 11 is 6.75. The van der Waals surface area contributed by atoms with Crippen LogP contribution < -0.4 is 20.7 Å². The first-order chi connectivity index (χ1) is 13.6. The molecule has 1 unspecified atom stereocenters. The van der Waals surface area contributed by atoms with Gasteiger partial charge < -0.3 is 15.4 Å². The Bertz CT molecular complexity index is 1070. The van der Waals surface area contributed by atoms with Gasteiger partial charge >= 0.3 is 0 Å². The van der Waals surface area contributed by atoms with Crippen molar-refractivity contribution < 1.29 is 9.53 Å². The van der Waals surface area contributed by atoms with Crippen molar-refractivity contribution in [2.75, 3.05) is 12.4 Å². The van der Waals surface area contributed by atoms with E-state index in [0.29, 0.717) is 27.3 Å². The smallest absolute Gasteiger partial charge is 0.257 e. The summed E-state index contributed by atoms with van der Waals surface area (Å²) < 4.78 is 6.51. The van der Waals surface area contributed by atoms with Crippen LogP contribution in [0.3, 0.4) is 0 Å². The zero-order chi connectivity index (χ0) is 19.7. The van der Waals surface area contributed by atoms with Crippen LogP contribution in [0.5, 0.6) is 5.75 Å². The number of hydrogen-bond acceptors (Lipinski definition) is 5. The minimum absolute atomic E-state index is 0.241. The Labute approximate surface area is 171 Å². The molecule has 4 rings (SSSR count). The van der Waals surface area contributed by atoms with Crippen molar-refractivity contribution in [3.8, 4) is 5.75 Å². The molecule has 1 aliphatic heterocycles. The van der Waals surface area contributed by atoms with Crippen molar-refractivity contribution in [1.82, 2.24) is 15.6 Å². The van der Waals surface area contributed by atoms with Gasteiger partial charge in [0.25, 0.3) is 5.91 Å². The van der Waals surface area contributed by atoms with Crippen molar-refractivity contribution >= 4 is 49.9 Å². The highest BCUT2D eigenvalue weighted by atomic mass is 32.1. The lowest BCUT2D eigenvalue weighted by atomic mass is 9.94. The highest BCUT2D eigenvalue weighted by Crippen LogP contribution is 2.34. The first-order valence-corrected chi connectivity index (χ1v) is 9.87. The number of benzene rings is 2. The predicted octanol–water partition coefficient (Wildman–Crippen LogP) is 3.74. The number of aromatic nitrogens is 1. The fourth-order valence-corrected chi connectivity index (χ4v) is 4.36. The van der Waals surface area contributed by atoms with E-state index in [9.17, 15) is 4.79 Å². The quantitative estimate of drug-likeness (QED) is 0.569. The lowest BCUT2D eigenvalue weighted by Crippen LogP contribution is -2.45. The maximum absolute atomic E-state index is 13.2. The van der Waals surface area contributed by atoms with E-state index >= 15 is 0 Å². The third-order valence-corrected chi connectivity index (χ3v) is 5.65. The van der Waals surface area contributed by atoms with Crippen LogP contribution in [0.25, 0.3) is 10.2 Å². The van der Waals surface area contributed by atoms with Gasteiger partial charge in [0.1, 0.15) is 5.75 Å². The number of carbonyl (C=O) groups excluding carboxylic acids is 1. The van der Waals surface area contributed by atoms with Gasteiger partial charge in [0.15, 0.2) is 10.2 Å². The first-order valence-electron chi connectivity index (χ1n) is 8.65. The van der Waals surface area contributed by atoms with Crippen LogP contribution in [-0.2, 0) is 4.79 Å². The molecule has 0 saturated carbocycles. The Morgan fingerprint density at radius 1 is 1.21 bits per heavy atom. The van der Waals surface area contributed by atoms with E-state index in [2.05, 4.69) is 20.9 Å². The number of allylic oxidation sites excluding steroid dienone is 1. The van der Waals surface area contributed by atoms with Gasteiger partial charge in [0, 0.05) is 11.3 Å². The second-order valence-corrected chi connectivity index (χ2v) is 7.69. The topological polar surface area (TPSA) is 75.3 Å². The second kappa shape index (κ2) is 7.57. The van der Waals surface area contributed by atoms with E-state index in [4.69, 9.17) is 17.0 Å². The molecule has 0 aliphatic carbocycles. The fraction of sp³-hybridized carbons (Fsp3) is 0.150. The normalized spacial score (nSPS) is 16.5. The molecule has 3 aromatic rings. The molecule has 0 bridgehead atoms. The molecule has 1 atom stereocenters. The van der Waals surface area contributed by atoms with Crippen LogP contribution in [0.2, 0.25) is 0 Å². The predicted molar refractivity (Wildman–Crippen MR) is 116 cm³/mol. The standard InChI is InChI=1S/C20H18N4O2S2/c1-11-16(18(25)24-20-22-13-8-4-6-10-15(13)28-20)17(23-19(27)21-11)12-7-3-5-9-14(12)26-2/h3-10,17H,1-2H3,(H2,21,23,27)(H,22,24,25). The van der Waals surface area contributed by atoms with Gasteiger partial charge in [-0.3, -0.25) is 10.1 Å². The zero-order valence-electron chi connectivity index (χ0n) is 15.3. The third-order valence-electron chi connectivity index (χ3n) is 4.48. The van der Waals surface area contributed by atoms with Crippen LogP contribution in [0.15, 0.2) is 59.8 Å². The SMILES string of the molecule is COc1ccccc1C1NC(=S)NC(C)=C1C(=O)Nc1nc2ccccc2s1. The maximum Gasteiger partial charge on any atom is 0.257 e.